The summed E-state index contributed by atoms with van der Waals surface area (Å²) in [6.07, 6.45) is 0. The Morgan fingerprint density at radius 1 is 0.339 bits per heavy atom. The number of aromatic nitrogens is 2. The Morgan fingerprint density at radius 2 is 0.946 bits per heavy atom. The van der Waals surface area contributed by atoms with Crippen molar-refractivity contribution < 1.29 is 9.60 Å². The Kier molecular flexibility index (Phi) is 6.01. The van der Waals surface area contributed by atoms with Crippen molar-refractivity contribution in [3.05, 3.63) is 218 Å². The molecule has 0 fully saturated rings. The summed E-state index contributed by atoms with van der Waals surface area (Å²) in [5.74, 6) is 0. The first-order valence-electron chi connectivity index (χ1n) is 22.2. The lowest BCUT2D eigenvalue weighted by Crippen LogP contribution is -1.98. The third-order valence-corrected chi connectivity index (χ3v) is 10.8. The average Bonchev–Trinajstić information content (AvgIpc) is 3.87. The molecule has 56 heavy (non-hydrogen) atoms. The molecule has 0 saturated carbocycles. The molecule has 0 spiro atoms. The van der Waals surface area contributed by atoms with Crippen LogP contribution in [0, 0.1) is 0 Å². The van der Waals surface area contributed by atoms with Gasteiger partial charge in [0.2, 0.25) is 0 Å². The zero-order valence-electron chi connectivity index (χ0n) is 37.1. The van der Waals surface area contributed by atoms with Crippen LogP contribution in [0.3, 0.4) is 0 Å². The zero-order chi connectivity index (χ0) is 43.1. The number of hydrogen-bond acceptors (Lipinski definition) is 0. The number of para-hydroxylation sites is 3. The van der Waals surface area contributed by atoms with Gasteiger partial charge in [-0.3, -0.25) is 0 Å². The molecule has 2 aromatic heterocycles. The summed E-state index contributed by atoms with van der Waals surface area (Å²) in [6.45, 7) is 0. The molecule has 2 heterocycles. The van der Waals surface area contributed by atoms with Crippen LogP contribution in [0.15, 0.2) is 218 Å². The Bertz CT molecular complexity index is 3620. The lowest BCUT2D eigenvalue weighted by atomic mass is 9.99. The van der Waals surface area contributed by atoms with Crippen LogP contribution in [-0.4, -0.2) is 9.13 Å². The van der Waals surface area contributed by atoms with Gasteiger partial charge in [0.1, 0.15) is 0 Å². The van der Waals surface area contributed by atoms with Crippen LogP contribution in [0.5, 0.6) is 0 Å². The summed E-state index contributed by atoms with van der Waals surface area (Å²) < 4.78 is 68.8. The molecule has 0 aliphatic carbocycles. The molecule has 11 rings (SSSR count). The van der Waals surface area contributed by atoms with Gasteiger partial charge < -0.3 is 9.13 Å². The number of benzene rings is 9. The smallest absolute Gasteiger partial charge is 0.0645 e. The molecule has 262 valence electrons. The Hall–Kier alpha value is -7.42. The summed E-state index contributed by atoms with van der Waals surface area (Å²) in [7, 11) is 0. The number of nitrogens with zero attached hydrogens (tertiary/aromatic N) is 2. The average molecular weight is 720 g/mol. The van der Waals surface area contributed by atoms with Crippen LogP contribution in [0.1, 0.15) is 9.60 Å². The Morgan fingerprint density at radius 3 is 1.71 bits per heavy atom. The second-order valence-electron chi connectivity index (χ2n) is 14.0. The maximum atomic E-state index is 9.92. The van der Waals surface area contributed by atoms with Crippen molar-refractivity contribution in [2.24, 2.45) is 0 Å². The topological polar surface area (TPSA) is 9.86 Å². The maximum absolute atomic E-state index is 9.92. The van der Waals surface area contributed by atoms with Gasteiger partial charge in [-0.25, -0.2) is 0 Å². The van der Waals surface area contributed by atoms with Gasteiger partial charge in [0.15, 0.2) is 0 Å². The molecule has 9 aromatic carbocycles. The molecule has 11 aromatic rings. The minimum absolute atomic E-state index is 0.0804. The van der Waals surface area contributed by atoms with Gasteiger partial charge in [0.05, 0.1) is 37.3 Å². The van der Waals surface area contributed by atoms with E-state index in [9.17, 15) is 5.48 Å². The predicted molar refractivity (Wildman–Crippen MR) is 237 cm³/mol. The molecule has 0 aliphatic heterocycles. The third-order valence-electron chi connectivity index (χ3n) is 10.8. The third kappa shape index (κ3) is 5.19. The molecular formula is C54H36N2. The second-order valence-corrected chi connectivity index (χ2v) is 14.0. The fourth-order valence-electron chi connectivity index (χ4n) is 8.21. The van der Waals surface area contributed by atoms with Gasteiger partial charge in [-0.05, 0) is 81.8 Å². The quantitative estimate of drug-likeness (QED) is 0.162. The monoisotopic (exact) mass is 719 g/mol. The van der Waals surface area contributed by atoms with Crippen molar-refractivity contribution in [2.75, 3.05) is 0 Å². The van der Waals surface area contributed by atoms with E-state index in [-0.39, 0.29) is 57.6 Å². The molecule has 0 saturated heterocycles. The molecule has 0 aliphatic rings. The van der Waals surface area contributed by atoms with E-state index in [4.69, 9.17) is 4.11 Å². The van der Waals surface area contributed by atoms with E-state index in [1.165, 1.54) is 0 Å². The van der Waals surface area contributed by atoms with Crippen molar-refractivity contribution in [1.29, 1.82) is 0 Å². The maximum Gasteiger partial charge on any atom is 0.0645 e. The van der Waals surface area contributed by atoms with Crippen molar-refractivity contribution in [2.45, 2.75) is 0 Å². The second kappa shape index (κ2) is 13.2. The zero-order valence-corrected chi connectivity index (χ0v) is 30.1. The molecule has 2 nitrogen and oxygen atoms in total. The standard InChI is InChI=1S/C54H36N2/c1-4-15-37(16-5-1)38-27-31-43(32-28-38)55-51-26-13-11-22-46(51)48-35-41(29-33-52(48)55)42-30-34-53-49(36-42)47-24-14-23-45(40-19-8-3-9-20-40)54(47)56(53)50-25-12-10-21-44(50)39-17-6-2-7-18-39/h1-36H/i11D,13D,22D,26D,29D,33D,35D. The largest absolute Gasteiger partial charge is 0.309 e. The fourth-order valence-corrected chi connectivity index (χ4v) is 8.21. The van der Waals surface area contributed by atoms with Crippen LogP contribution < -0.4 is 0 Å². The SMILES string of the molecule is [2H]c1c([2H])c([2H])c2c(c1[2H])c1c([2H])c(-c3ccc4c(c3)c3cccc(-c5ccccc5)c3n4-c3ccccc3-c3ccccc3)c([2H])c([2H])c1n2-c1ccc(-c2ccccc2)cc1. The first kappa shape index (κ1) is 25.6. The van der Waals surface area contributed by atoms with Crippen LogP contribution >= 0.6 is 0 Å². The minimum atomic E-state index is -0.423. The molecule has 2 heteroatoms. The minimum Gasteiger partial charge on any atom is -0.309 e. The summed E-state index contributed by atoms with van der Waals surface area (Å²) >= 11 is 0. The van der Waals surface area contributed by atoms with E-state index in [0.717, 1.165) is 60.9 Å². The normalized spacial score (nSPS) is 13.3. The van der Waals surface area contributed by atoms with E-state index in [1.54, 1.807) is 4.57 Å². The van der Waals surface area contributed by atoms with Gasteiger partial charge in [0, 0.05) is 38.4 Å². The molecule has 0 bridgehead atoms. The molecule has 0 radical (unpaired) electrons. The molecular weight excluding hydrogens is 677 g/mol. The highest BCUT2D eigenvalue weighted by atomic mass is 15.0. The highest BCUT2D eigenvalue weighted by molar-refractivity contribution is 6.16. The van der Waals surface area contributed by atoms with Gasteiger partial charge in [-0.1, -0.05) is 170 Å². The van der Waals surface area contributed by atoms with E-state index in [2.05, 4.69) is 59.2 Å². The molecule has 0 atom stereocenters. The first-order valence-corrected chi connectivity index (χ1v) is 18.7. The number of rotatable bonds is 6. The first-order chi connectivity index (χ1) is 30.7. The van der Waals surface area contributed by atoms with Crippen molar-refractivity contribution in [3.63, 3.8) is 0 Å². The van der Waals surface area contributed by atoms with Gasteiger partial charge in [0.25, 0.3) is 0 Å². The van der Waals surface area contributed by atoms with Gasteiger partial charge in [-0.2, -0.15) is 0 Å². The summed E-state index contributed by atoms with van der Waals surface area (Å²) in [5.41, 5.74) is 10.8. The van der Waals surface area contributed by atoms with Gasteiger partial charge in [-0.15, -0.1) is 0 Å². The van der Waals surface area contributed by atoms with Crippen molar-refractivity contribution in [3.8, 4) is 55.9 Å². The van der Waals surface area contributed by atoms with Crippen LogP contribution in [0.4, 0.5) is 0 Å². The van der Waals surface area contributed by atoms with Crippen LogP contribution in [0.2, 0.25) is 0 Å². The fraction of sp³-hybridized carbons (Fsp3) is 0. The Balaban J connectivity index is 1.20. The highest BCUT2D eigenvalue weighted by Gasteiger charge is 2.20. The predicted octanol–water partition coefficient (Wildman–Crippen LogP) is 14.5. The summed E-state index contributed by atoms with van der Waals surface area (Å²) in [6, 6.07) is 56.8. The summed E-state index contributed by atoms with van der Waals surface area (Å²) in [5, 5.41) is 2.22. The van der Waals surface area contributed by atoms with Gasteiger partial charge >= 0.3 is 0 Å². The van der Waals surface area contributed by atoms with E-state index < -0.39 is 12.1 Å². The molecule has 0 N–H and O–H groups in total. The van der Waals surface area contributed by atoms with Crippen molar-refractivity contribution >= 4 is 43.6 Å². The highest BCUT2D eigenvalue weighted by Crippen LogP contribution is 2.42. The molecule has 0 unspecified atom stereocenters. The number of hydrogen-bond donors (Lipinski definition) is 0. The number of fused-ring (bicyclic) bond motifs is 6. The van der Waals surface area contributed by atoms with Crippen molar-refractivity contribution in [1.82, 2.24) is 9.13 Å². The Labute approximate surface area is 335 Å². The van der Waals surface area contributed by atoms with E-state index >= 15 is 0 Å². The lowest BCUT2D eigenvalue weighted by Gasteiger charge is -2.16. The summed E-state index contributed by atoms with van der Waals surface area (Å²) in [4.78, 5) is 0. The lowest BCUT2D eigenvalue weighted by molar-refractivity contribution is 1.18. The van der Waals surface area contributed by atoms with E-state index in [1.807, 2.05) is 121 Å². The molecule has 0 amide bonds. The van der Waals surface area contributed by atoms with Crippen LogP contribution in [0.25, 0.3) is 99.5 Å². The van der Waals surface area contributed by atoms with Crippen LogP contribution in [-0.2, 0) is 0 Å². The van der Waals surface area contributed by atoms with E-state index in [0.29, 0.717) is 11.3 Å².